The molecule has 2 aromatic carbocycles. The Labute approximate surface area is 198 Å². The van der Waals surface area contributed by atoms with Crippen LogP contribution in [-0.4, -0.2) is 17.9 Å². The predicted molar refractivity (Wildman–Crippen MR) is 129 cm³/mol. The summed E-state index contributed by atoms with van der Waals surface area (Å²) in [5, 5.41) is 8.37. The van der Waals surface area contributed by atoms with E-state index in [0.29, 0.717) is 22.9 Å². The maximum absolute atomic E-state index is 11.8. The standard InChI is InChI=1S/C25H27Cl2N3O2/c1-4-18-14-28-25(5-2,20-11-10-17(26)13-21(20)27)24(29-18)30-23-19-9-7-6-8-16(19)12-22(23)32-15(3)31/h6-11,13-14,22-23,28H,4-5,12H2,1-3H3,(H,29,30)/t22-,23+,25-/m0/s1. The Morgan fingerprint density at radius 1 is 1.25 bits per heavy atom. The van der Waals surface area contributed by atoms with Crippen molar-refractivity contribution in [2.45, 2.75) is 57.7 Å². The lowest BCUT2D eigenvalue weighted by Crippen LogP contribution is -2.55. The second-order valence-electron chi connectivity index (χ2n) is 8.15. The van der Waals surface area contributed by atoms with Gasteiger partial charge in [-0.3, -0.25) is 4.79 Å². The Kier molecular flexibility index (Phi) is 6.50. The van der Waals surface area contributed by atoms with Gasteiger partial charge in [-0.25, -0.2) is 4.99 Å². The number of rotatable bonds is 5. The molecule has 1 aliphatic carbocycles. The van der Waals surface area contributed by atoms with Crippen LogP contribution in [-0.2, 0) is 21.5 Å². The average molecular weight is 472 g/mol. The van der Waals surface area contributed by atoms with Gasteiger partial charge in [0.1, 0.15) is 17.5 Å². The fourth-order valence-corrected chi connectivity index (χ4v) is 5.15. The molecular formula is C25H27Cl2N3O2. The van der Waals surface area contributed by atoms with Gasteiger partial charge >= 0.3 is 5.97 Å². The number of hydrogen-bond acceptors (Lipinski definition) is 5. The van der Waals surface area contributed by atoms with Crippen LogP contribution in [0.1, 0.15) is 56.3 Å². The molecule has 3 atom stereocenters. The molecule has 0 amide bonds. The molecule has 7 heteroatoms. The van der Waals surface area contributed by atoms with Crippen molar-refractivity contribution in [3.8, 4) is 0 Å². The zero-order valence-corrected chi connectivity index (χ0v) is 19.9. The summed E-state index contributed by atoms with van der Waals surface area (Å²) in [7, 11) is 0. The van der Waals surface area contributed by atoms with Crippen LogP contribution < -0.4 is 10.6 Å². The number of ether oxygens (including phenoxy) is 1. The topological polar surface area (TPSA) is 62.7 Å². The number of nitrogens with zero attached hydrogens (tertiary/aromatic N) is 1. The van der Waals surface area contributed by atoms with E-state index in [4.69, 9.17) is 32.9 Å². The number of esters is 1. The number of aliphatic imine (C=N–C) groups is 1. The van der Waals surface area contributed by atoms with Crippen LogP contribution in [0.25, 0.3) is 0 Å². The minimum atomic E-state index is -0.668. The number of amidine groups is 1. The summed E-state index contributed by atoms with van der Waals surface area (Å²) in [5.74, 6) is 0.456. The van der Waals surface area contributed by atoms with E-state index in [0.717, 1.165) is 29.1 Å². The van der Waals surface area contributed by atoms with Crippen LogP contribution in [0.2, 0.25) is 10.0 Å². The Morgan fingerprint density at radius 3 is 2.72 bits per heavy atom. The van der Waals surface area contributed by atoms with Crippen molar-refractivity contribution in [1.82, 2.24) is 10.6 Å². The molecule has 0 spiro atoms. The molecule has 4 rings (SSSR count). The number of nitrogens with one attached hydrogen (secondary N) is 2. The molecule has 32 heavy (non-hydrogen) atoms. The van der Waals surface area contributed by atoms with E-state index in [1.807, 2.05) is 30.5 Å². The maximum Gasteiger partial charge on any atom is 0.302 e. The number of allylic oxidation sites excluding steroid dienone is 1. The monoisotopic (exact) mass is 471 g/mol. The van der Waals surface area contributed by atoms with Crippen LogP contribution in [0.5, 0.6) is 0 Å². The summed E-state index contributed by atoms with van der Waals surface area (Å²) in [5.41, 5.74) is 3.43. The van der Waals surface area contributed by atoms with Crippen LogP contribution in [0.3, 0.4) is 0 Å². The Morgan fingerprint density at radius 2 is 2.03 bits per heavy atom. The smallest absolute Gasteiger partial charge is 0.302 e. The second-order valence-corrected chi connectivity index (χ2v) is 8.99. The van der Waals surface area contributed by atoms with E-state index in [9.17, 15) is 4.79 Å². The summed E-state index contributed by atoms with van der Waals surface area (Å²) in [4.78, 5) is 16.8. The highest BCUT2D eigenvalue weighted by atomic mass is 35.5. The third kappa shape index (κ3) is 4.12. The Hall–Kier alpha value is -2.50. The maximum atomic E-state index is 11.8. The first-order valence-electron chi connectivity index (χ1n) is 10.9. The molecule has 0 aromatic heterocycles. The minimum absolute atomic E-state index is 0.219. The van der Waals surface area contributed by atoms with Gasteiger partial charge in [0.25, 0.3) is 0 Å². The fraction of sp³-hybridized carbons (Fsp3) is 0.360. The van der Waals surface area contributed by atoms with Gasteiger partial charge in [-0.15, -0.1) is 0 Å². The molecule has 0 bridgehead atoms. The third-order valence-electron chi connectivity index (χ3n) is 6.22. The molecule has 0 radical (unpaired) electrons. The molecule has 0 saturated heterocycles. The molecule has 1 aliphatic heterocycles. The average Bonchev–Trinajstić information content (AvgIpc) is 3.10. The van der Waals surface area contributed by atoms with E-state index in [-0.39, 0.29) is 18.1 Å². The van der Waals surface area contributed by atoms with Gasteiger partial charge in [0, 0.05) is 35.2 Å². The van der Waals surface area contributed by atoms with Gasteiger partial charge in [0.05, 0.1) is 11.7 Å². The van der Waals surface area contributed by atoms with E-state index in [1.165, 1.54) is 12.5 Å². The summed E-state index contributed by atoms with van der Waals surface area (Å²) >= 11 is 12.8. The summed E-state index contributed by atoms with van der Waals surface area (Å²) in [6.07, 6.45) is 3.76. The van der Waals surface area contributed by atoms with Crippen LogP contribution >= 0.6 is 23.2 Å². The number of hydrogen-bond donors (Lipinski definition) is 2. The first-order chi connectivity index (χ1) is 15.4. The molecule has 0 fully saturated rings. The zero-order chi connectivity index (χ0) is 22.9. The molecule has 2 N–H and O–H groups in total. The SMILES string of the molecule is CCC1=CN[C@@](CC)(c2ccc(Cl)cc2Cl)C(N[C@@H]2c3ccccc3C[C@@H]2OC(C)=O)=N1. The number of benzene rings is 2. The number of carbonyl (C=O) groups is 1. The lowest BCUT2D eigenvalue weighted by Gasteiger charge is -2.40. The first-order valence-corrected chi connectivity index (χ1v) is 11.7. The van der Waals surface area contributed by atoms with Gasteiger partial charge in [-0.05, 0) is 36.1 Å². The van der Waals surface area contributed by atoms with Crippen molar-refractivity contribution >= 4 is 35.0 Å². The minimum Gasteiger partial charge on any atom is -0.460 e. The molecule has 2 aromatic rings. The molecule has 0 unspecified atom stereocenters. The Bertz CT molecular complexity index is 1100. The molecule has 5 nitrogen and oxygen atoms in total. The van der Waals surface area contributed by atoms with Crippen LogP contribution in [0.15, 0.2) is 59.4 Å². The molecule has 168 valence electrons. The highest BCUT2D eigenvalue weighted by Gasteiger charge is 2.43. The predicted octanol–water partition coefficient (Wildman–Crippen LogP) is 5.67. The summed E-state index contributed by atoms with van der Waals surface area (Å²) in [6.45, 7) is 5.60. The molecular weight excluding hydrogens is 445 g/mol. The normalized spacial score (nSPS) is 24.2. The van der Waals surface area contributed by atoms with Gasteiger partial charge in [0.2, 0.25) is 0 Å². The third-order valence-corrected chi connectivity index (χ3v) is 6.77. The fourth-order valence-electron chi connectivity index (χ4n) is 4.58. The van der Waals surface area contributed by atoms with Crippen molar-refractivity contribution in [2.75, 3.05) is 0 Å². The van der Waals surface area contributed by atoms with Gasteiger partial charge in [-0.2, -0.15) is 0 Å². The quantitative estimate of drug-likeness (QED) is 0.551. The van der Waals surface area contributed by atoms with E-state index >= 15 is 0 Å². The first kappa shape index (κ1) is 22.7. The van der Waals surface area contributed by atoms with Crippen molar-refractivity contribution in [3.05, 3.63) is 81.1 Å². The van der Waals surface area contributed by atoms with Crippen molar-refractivity contribution < 1.29 is 9.53 Å². The van der Waals surface area contributed by atoms with E-state index in [1.54, 1.807) is 6.07 Å². The lowest BCUT2D eigenvalue weighted by molar-refractivity contribution is -0.147. The lowest BCUT2D eigenvalue weighted by atomic mass is 9.84. The Balaban J connectivity index is 1.79. The van der Waals surface area contributed by atoms with Crippen molar-refractivity contribution in [3.63, 3.8) is 0 Å². The highest BCUT2D eigenvalue weighted by molar-refractivity contribution is 6.35. The van der Waals surface area contributed by atoms with Crippen LogP contribution in [0, 0.1) is 0 Å². The molecule has 2 aliphatic rings. The summed E-state index contributed by atoms with van der Waals surface area (Å²) < 4.78 is 5.71. The van der Waals surface area contributed by atoms with Crippen molar-refractivity contribution in [2.24, 2.45) is 4.99 Å². The summed E-state index contributed by atoms with van der Waals surface area (Å²) in [6, 6.07) is 13.5. The zero-order valence-electron chi connectivity index (χ0n) is 18.4. The van der Waals surface area contributed by atoms with E-state index < -0.39 is 5.54 Å². The number of halogens is 2. The van der Waals surface area contributed by atoms with Crippen LogP contribution in [0.4, 0.5) is 0 Å². The molecule has 1 heterocycles. The molecule has 0 saturated carbocycles. The largest absolute Gasteiger partial charge is 0.460 e. The van der Waals surface area contributed by atoms with Gasteiger partial charge < -0.3 is 15.4 Å². The number of fused-ring (bicyclic) bond motifs is 1. The highest BCUT2D eigenvalue weighted by Crippen LogP contribution is 2.39. The van der Waals surface area contributed by atoms with E-state index in [2.05, 4.69) is 36.6 Å². The van der Waals surface area contributed by atoms with Gasteiger partial charge in [-0.1, -0.05) is 67.4 Å². The second kappa shape index (κ2) is 9.16. The van der Waals surface area contributed by atoms with Gasteiger partial charge in [0.15, 0.2) is 0 Å². The number of carbonyl (C=O) groups excluding carboxylic acids is 1. The van der Waals surface area contributed by atoms with Crippen molar-refractivity contribution in [1.29, 1.82) is 0 Å².